The van der Waals surface area contributed by atoms with Gasteiger partial charge in [0.15, 0.2) is 24.3 Å². The van der Waals surface area contributed by atoms with Crippen LogP contribution in [0.4, 0.5) is 0 Å². The molecule has 0 amide bonds. The van der Waals surface area contributed by atoms with Crippen molar-refractivity contribution in [1.29, 1.82) is 0 Å². The van der Waals surface area contributed by atoms with Crippen molar-refractivity contribution in [2.75, 3.05) is 6.61 Å². The number of allylic oxidation sites excluding steroid dienone is 1. The largest absolute Gasteiger partial charge is 0.392 e. The van der Waals surface area contributed by atoms with Crippen LogP contribution in [0.1, 0.15) is 13.3 Å². The normalized spacial score (nSPS) is 13.2. The first-order chi connectivity index (χ1) is 11.8. The van der Waals surface area contributed by atoms with E-state index in [1.807, 2.05) is 0 Å². The lowest BCUT2D eigenvalue weighted by Gasteiger charge is -2.17. The van der Waals surface area contributed by atoms with Gasteiger partial charge in [0.2, 0.25) is 0 Å². The average molecular weight is 380 g/mol. The summed E-state index contributed by atoms with van der Waals surface area (Å²) in [5.74, 6) is 0. The second-order valence-corrected chi connectivity index (χ2v) is 10.1. The second-order valence-electron chi connectivity index (χ2n) is 5.59. The molecule has 2 aromatic rings. The summed E-state index contributed by atoms with van der Waals surface area (Å²) in [4.78, 5) is -0.0934. The molecule has 0 saturated carbocycles. The van der Waals surface area contributed by atoms with Crippen LogP contribution in [0.2, 0.25) is 0 Å². The van der Waals surface area contributed by atoms with Crippen LogP contribution >= 0.6 is 0 Å². The van der Waals surface area contributed by atoms with E-state index in [2.05, 4.69) is 0 Å². The van der Waals surface area contributed by atoms with Crippen molar-refractivity contribution < 1.29 is 21.9 Å². The SMILES string of the molecule is C/C(=C\CC(S(=O)(=O)c1ccccc1)S(=O)(=O)c1ccccc1)CO. The Hall–Kier alpha value is -1.96. The molecule has 0 aliphatic rings. The Morgan fingerprint density at radius 1 is 0.880 bits per heavy atom. The molecule has 7 heteroatoms. The molecule has 0 bridgehead atoms. The maximum atomic E-state index is 13.0. The van der Waals surface area contributed by atoms with Gasteiger partial charge in [0.1, 0.15) is 0 Å². The van der Waals surface area contributed by atoms with Crippen molar-refractivity contribution in [1.82, 2.24) is 0 Å². The van der Waals surface area contributed by atoms with Crippen LogP contribution in [0.3, 0.4) is 0 Å². The summed E-state index contributed by atoms with van der Waals surface area (Å²) < 4.78 is 50.3. The van der Waals surface area contributed by atoms with Gasteiger partial charge < -0.3 is 5.11 Å². The smallest absolute Gasteiger partial charge is 0.196 e. The fraction of sp³-hybridized carbons (Fsp3) is 0.222. The first-order valence-corrected chi connectivity index (χ1v) is 10.7. The highest BCUT2D eigenvalue weighted by atomic mass is 32.3. The van der Waals surface area contributed by atoms with Crippen LogP contribution in [-0.2, 0) is 19.7 Å². The van der Waals surface area contributed by atoms with Crippen molar-refractivity contribution in [3.05, 3.63) is 72.3 Å². The van der Waals surface area contributed by atoms with Gasteiger partial charge in [0, 0.05) is 0 Å². The molecule has 0 spiro atoms. The molecule has 2 rings (SSSR count). The summed E-state index contributed by atoms with van der Waals surface area (Å²) in [5, 5.41) is 9.12. The minimum Gasteiger partial charge on any atom is -0.392 e. The highest BCUT2D eigenvalue weighted by Gasteiger charge is 2.39. The van der Waals surface area contributed by atoms with Crippen molar-refractivity contribution in [2.24, 2.45) is 0 Å². The van der Waals surface area contributed by atoms with E-state index in [9.17, 15) is 16.8 Å². The highest BCUT2D eigenvalue weighted by Crippen LogP contribution is 2.28. The molecule has 5 nitrogen and oxygen atoms in total. The molecule has 0 saturated heterocycles. The van der Waals surface area contributed by atoms with Crippen LogP contribution in [0.15, 0.2) is 82.1 Å². The maximum Gasteiger partial charge on any atom is 0.196 e. The Balaban J connectivity index is 2.58. The first-order valence-electron chi connectivity index (χ1n) is 7.64. The average Bonchev–Trinajstić information content (AvgIpc) is 2.62. The topological polar surface area (TPSA) is 88.5 Å². The summed E-state index contributed by atoms with van der Waals surface area (Å²) >= 11 is 0. The molecular formula is C18H20O5S2. The Kier molecular flexibility index (Phi) is 6.16. The van der Waals surface area contributed by atoms with Gasteiger partial charge in [-0.2, -0.15) is 0 Å². The van der Waals surface area contributed by atoms with E-state index in [0.717, 1.165) is 0 Å². The van der Waals surface area contributed by atoms with E-state index in [1.54, 1.807) is 43.3 Å². The van der Waals surface area contributed by atoms with E-state index < -0.39 is 24.3 Å². The molecule has 0 aromatic heterocycles. The Morgan fingerprint density at radius 3 is 1.64 bits per heavy atom. The zero-order valence-corrected chi connectivity index (χ0v) is 15.4. The van der Waals surface area contributed by atoms with Gasteiger partial charge in [-0.15, -0.1) is 0 Å². The predicted molar refractivity (Wildman–Crippen MR) is 96.5 cm³/mol. The van der Waals surface area contributed by atoms with Crippen molar-refractivity contribution in [2.45, 2.75) is 27.7 Å². The third-order valence-corrected chi connectivity index (χ3v) is 8.89. The molecule has 0 radical (unpaired) electrons. The number of hydrogen-bond acceptors (Lipinski definition) is 5. The molecule has 25 heavy (non-hydrogen) atoms. The van der Waals surface area contributed by atoms with Crippen LogP contribution in [0.5, 0.6) is 0 Å². The van der Waals surface area contributed by atoms with E-state index in [0.29, 0.717) is 5.57 Å². The van der Waals surface area contributed by atoms with Gasteiger partial charge in [-0.25, -0.2) is 16.8 Å². The van der Waals surface area contributed by atoms with Crippen LogP contribution < -0.4 is 0 Å². The van der Waals surface area contributed by atoms with Gasteiger partial charge in [0.25, 0.3) is 0 Å². The molecule has 134 valence electrons. The number of aliphatic hydroxyl groups is 1. The number of hydrogen-bond donors (Lipinski definition) is 1. The van der Waals surface area contributed by atoms with E-state index in [1.165, 1.54) is 30.3 Å². The van der Waals surface area contributed by atoms with Gasteiger partial charge >= 0.3 is 0 Å². The summed E-state index contributed by atoms with van der Waals surface area (Å²) in [6.45, 7) is 1.35. The van der Waals surface area contributed by atoms with E-state index >= 15 is 0 Å². The molecule has 0 heterocycles. The molecule has 0 atom stereocenters. The third kappa shape index (κ3) is 4.36. The molecule has 2 aromatic carbocycles. The van der Waals surface area contributed by atoms with Gasteiger partial charge in [-0.1, -0.05) is 48.0 Å². The fourth-order valence-corrected chi connectivity index (χ4v) is 6.69. The Labute approximate surface area is 148 Å². The maximum absolute atomic E-state index is 13.0. The molecule has 0 fully saturated rings. The summed E-state index contributed by atoms with van der Waals surface area (Å²) in [5.41, 5.74) is 0.511. The van der Waals surface area contributed by atoms with E-state index in [4.69, 9.17) is 5.11 Å². The zero-order valence-electron chi connectivity index (χ0n) is 13.7. The van der Waals surface area contributed by atoms with Gasteiger partial charge in [-0.05, 0) is 37.6 Å². The number of benzene rings is 2. The monoisotopic (exact) mass is 380 g/mol. The van der Waals surface area contributed by atoms with Crippen molar-refractivity contribution in [3.8, 4) is 0 Å². The zero-order chi connectivity index (χ0) is 18.5. The third-order valence-electron chi connectivity index (χ3n) is 3.74. The second kappa shape index (κ2) is 7.95. The predicted octanol–water partition coefficient (Wildman–Crippen LogP) is 2.59. The van der Waals surface area contributed by atoms with Gasteiger partial charge in [0.05, 0.1) is 16.4 Å². The standard InChI is InChI=1S/C18H20O5S2/c1-15(14-19)12-13-18(24(20,21)16-8-4-2-5-9-16)25(22,23)17-10-6-3-7-11-17/h2-12,18-19H,13-14H2,1H3/b15-12+. The molecule has 1 N–H and O–H groups in total. The molecular weight excluding hydrogens is 360 g/mol. The van der Waals surface area contributed by atoms with Crippen LogP contribution in [0, 0.1) is 0 Å². The summed E-state index contributed by atoms with van der Waals surface area (Å²) in [7, 11) is -8.25. The minimum atomic E-state index is -4.12. The first kappa shape index (κ1) is 19.4. The molecule has 0 aliphatic heterocycles. The highest BCUT2D eigenvalue weighted by molar-refractivity contribution is 8.09. The van der Waals surface area contributed by atoms with E-state index in [-0.39, 0.29) is 22.8 Å². The lowest BCUT2D eigenvalue weighted by Crippen LogP contribution is -2.30. The van der Waals surface area contributed by atoms with Crippen LogP contribution in [0.25, 0.3) is 0 Å². The summed E-state index contributed by atoms with van der Waals surface area (Å²) in [6, 6.07) is 15.0. The van der Waals surface area contributed by atoms with Crippen molar-refractivity contribution in [3.63, 3.8) is 0 Å². The number of aliphatic hydroxyl groups excluding tert-OH is 1. The van der Waals surface area contributed by atoms with Gasteiger partial charge in [-0.3, -0.25) is 0 Å². The number of rotatable bonds is 7. The van der Waals surface area contributed by atoms with Crippen LogP contribution in [-0.4, -0.2) is 33.1 Å². The quantitative estimate of drug-likeness (QED) is 0.746. The lowest BCUT2D eigenvalue weighted by molar-refractivity contribution is 0.331. The Bertz CT molecular complexity index is 862. The number of sulfone groups is 2. The van der Waals surface area contributed by atoms with Crippen molar-refractivity contribution >= 4 is 19.7 Å². The fourth-order valence-electron chi connectivity index (χ4n) is 2.31. The molecule has 0 aliphatic carbocycles. The summed E-state index contributed by atoms with van der Waals surface area (Å²) in [6.07, 6.45) is 1.21. The Morgan fingerprint density at radius 2 is 1.28 bits per heavy atom. The lowest BCUT2D eigenvalue weighted by atomic mass is 10.3. The minimum absolute atomic E-state index is 0.0467. The molecule has 0 unspecified atom stereocenters.